The van der Waals surface area contributed by atoms with Crippen molar-refractivity contribution in [2.75, 3.05) is 5.33 Å². The van der Waals surface area contributed by atoms with Crippen molar-refractivity contribution in [3.8, 4) is 0 Å². The molecule has 0 amide bonds. The Hall–Kier alpha value is -0.260. The van der Waals surface area contributed by atoms with Crippen LogP contribution in [0.25, 0.3) is 0 Å². The highest BCUT2D eigenvalue weighted by Gasteiger charge is 2.17. The summed E-state index contributed by atoms with van der Waals surface area (Å²) in [5.74, 6) is -0.862. The number of halogens is 5. The lowest BCUT2D eigenvalue weighted by Gasteiger charge is -2.16. The van der Waals surface area contributed by atoms with Gasteiger partial charge in [0.25, 0.3) is 0 Å². The molecule has 0 radical (unpaired) electrons. The molecule has 2 aromatic rings. The van der Waals surface area contributed by atoms with Crippen LogP contribution in [0, 0.1) is 17.6 Å². The average molecular weight is 483 g/mol. The molecule has 0 aliphatic heterocycles. The van der Waals surface area contributed by atoms with E-state index in [1.807, 2.05) is 24.3 Å². The Labute approximate surface area is 148 Å². The summed E-state index contributed by atoms with van der Waals surface area (Å²) in [6, 6.07) is 10.7. The topological polar surface area (TPSA) is 0 Å². The Bertz CT molecular complexity index is 612. The smallest absolute Gasteiger partial charge is 0.143 e. The molecular weight excluding hydrogens is 470 g/mol. The van der Waals surface area contributed by atoms with E-state index in [4.69, 9.17) is 0 Å². The van der Waals surface area contributed by atoms with Crippen LogP contribution < -0.4 is 0 Å². The molecule has 0 aromatic heterocycles. The van der Waals surface area contributed by atoms with Crippen LogP contribution in [0.15, 0.2) is 45.3 Å². The van der Waals surface area contributed by atoms with Crippen molar-refractivity contribution in [1.82, 2.24) is 0 Å². The zero-order valence-corrected chi connectivity index (χ0v) is 15.8. The van der Waals surface area contributed by atoms with Gasteiger partial charge in [-0.2, -0.15) is 0 Å². The SMILES string of the molecule is Fc1ccc(Br)c(F)c1CC(CBr)Cc1ccc(Br)cc1. The third-order valence-electron chi connectivity index (χ3n) is 3.29. The fourth-order valence-corrected chi connectivity index (χ4v) is 3.27. The van der Waals surface area contributed by atoms with Gasteiger partial charge in [0.15, 0.2) is 0 Å². The van der Waals surface area contributed by atoms with Gasteiger partial charge in [0, 0.05) is 15.4 Å². The summed E-state index contributed by atoms with van der Waals surface area (Å²) in [7, 11) is 0. The first-order valence-electron chi connectivity index (χ1n) is 6.44. The molecule has 21 heavy (non-hydrogen) atoms. The molecule has 112 valence electrons. The molecule has 0 aliphatic rings. The molecular formula is C16H13Br3F2. The zero-order chi connectivity index (χ0) is 15.4. The molecule has 0 fully saturated rings. The van der Waals surface area contributed by atoms with Crippen LogP contribution in [0.5, 0.6) is 0 Å². The molecule has 0 nitrogen and oxygen atoms in total. The Morgan fingerprint density at radius 1 is 0.905 bits per heavy atom. The summed E-state index contributed by atoms with van der Waals surface area (Å²) < 4.78 is 29.2. The molecule has 2 aromatic carbocycles. The molecule has 1 atom stereocenters. The van der Waals surface area contributed by atoms with Crippen LogP contribution in [-0.2, 0) is 12.8 Å². The average Bonchev–Trinajstić information content (AvgIpc) is 2.48. The Kier molecular flexibility index (Phi) is 6.38. The normalized spacial score (nSPS) is 12.4. The first kappa shape index (κ1) is 17.1. The van der Waals surface area contributed by atoms with Crippen molar-refractivity contribution >= 4 is 47.8 Å². The van der Waals surface area contributed by atoms with Crippen LogP contribution in [-0.4, -0.2) is 5.33 Å². The molecule has 1 unspecified atom stereocenters. The third kappa shape index (κ3) is 4.60. The van der Waals surface area contributed by atoms with Crippen molar-refractivity contribution in [1.29, 1.82) is 0 Å². The maximum atomic E-state index is 14.0. The van der Waals surface area contributed by atoms with Gasteiger partial charge in [0.2, 0.25) is 0 Å². The third-order valence-corrected chi connectivity index (χ3v) is 5.34. The second-order valence-electron chi connectivity index (χ2n) is 4.88. The maximum absolute atomic E-state index is 14.0. The number of benzene rings is 2. The molecule has 0 spiro atoms. The minimum Gasteiger partial charge on any atom is -0.207 e. The fourth-order valence-electron chi connectivity index (χ4n) is 2.18. The number of hydrogen-bond acceptors (Lipinski definition) is 0. The standard InChI is InChI=1S/C16H13Br3F2/c17-9-11(7-10-1-3-12(18)4-2-10)8-13-15(20)6-5-14(19)16(13)21/h1-6,11H,7-9H2. The van der Waals surface area contributed by atoms with Crippen molar-refractivity contribution in [2.45, 2.75) is 12.8 Å². The van der Waals surface area contributed by atoms with E-state index >= 15 is 0 Å². The van der Waals surface area contributed by atoms with E-state index in [0.717, 1.165) is 16.5 Å². The van der Waals surface area contributed by atoms with Crippen molar-refractivity contribution < 1.29 is 8.78 Å². The summed E-state index contributed by atoms with van der Waals surface area (Å²) in [6.07, 6.45) is 1.13. The van der Waals surface area contributed by atoms with Crippen molar-refractivity contribution in [3.05, 3.63) is 68.1 Å². The molecule has 0 aliphatic carbocycles. The molecule has 0 heterocycles. The minimum absolute atomic E-state index is 0.129. The van der Waals surface area contributed by atoms with E-state index in [1.165, 1.54) is 12.1 Å². The van der Waals surface area contributed by atoms with Gasteiger partial charge in [-0.1, -0.05) is 44.0 Å². The van der Waals surface area contributed by atoms with Gasteiger partial charge < -0.3 is 0 Å². The summed E-state index contributed by atoms with van der Waals surface area (Å²) >= 11 is 9.95. The van der Waals surface area contributed by atoms with Gasteiger partial charge in [-0.25, -0.2) is 8.78 Å². The summed E-state index contributed by atoms with van der Waals surface area (Å²) in [5.41, 5.74) is 1.30. The lowest BCUT2D eigenvalue weighted by atomic mass is 9.94. The van der Waals surface area contributed by atoms with Crippen LogP contribution in [0.2, 0.25) is 0 Å². The van der Waals surface area contributed by atoms with E-state index in [-0.39, 0.29) is 11.5 Å². The van der Waals surface area contributed by atoms with Crippen LogP contribution in [0.4, 0.5) is 8.78 Å². The lowest BCUT2D eigenvalue weighted by Crippen LogP contribution is -2.12. The predicted molar refractivity (Wildman–Crippen MR) is 92.9 cm³/mol. The second-order valence-corrected chi connectivity index (χ2v) is 7.29. The van der Waals surface area contributed by atoms with Gasteiger partial charge in [-0.15, -0.1) is 0 Å². The van der Waals surface area contributed by atoms with Gasteiger partial charge in [-0.3, -0.25) is 0 Å². The summed E-state index contributed by atoms with van der Waals surface area (Å²) in [5, 5.41) is 0.689. The van der Waals surface area contributed by atoms with E-state index in [2.05, 4.69) is 47.8 Å². The van der Waals surface area contributed by atoms with Gasteiger partial charge in [-0.05, 0) is 64.5 Å². The monoisotopic (exact) mass is 480 g/mol. The van der Waals surface area contributed by atoms with Crippen LogP contribution in [0.3, 0.4) is 0 Å². The number of hydrogen-bond donors (Lipinski definition) is 0. The second kappa shape index (κ2) is 7.84. The molecule has 5 heteroatoms. The van der Waals surface area contributed by atoms with Crippen molar-refractivity contribution in [3.63, 3.8) is 0 Å². The summed E-state index contributed by atoms with van der Waals surface area (Å²) in [4.78, 5) is 0. The lowest BCUT2D eigenvalue weighted by molar-refractivity contribution is 0.508. The van der Waals surface area contributed by atoms with Gasteiger partial charge >= 0.3 is 0 Å². The molecule has 2 rings (SSSR count). The molecule has 0 bridgehead atoms. The molecule has 0 saturated carbocycles. The van der Waals surface area contributed by atoms with Crippen molar-refractivity contribution in [2.24, 2.45) is 5.92 Å². The van der Waals surface area contributed by atoms with Crippen LogP contribution >= 0.6 is 47.8 Å². The maximum Gasteiger partial charge on any atom is 0.143 e. The van der Waals surface area contributed by atoms with Gasteiger partial charge in [0.1, 0.15) is 11.6 Å². The Balaban J connectivity index is 2.16. The zero-order valence-electron chi connectivity index (χ0n) is 11.1. The van der Waals surface area contributed by atoms with E-state index in [1.54, 1.807) is 0 Å². The Morgan fingerprint density at radius 3 is 2.19 bits per heavy atom. The number of rotatable bonds is 5. The van der Waals surface area contributed by atoms with Gasteiger partial charge in [0.05, 0.1) is 4.47 Å². The highest BCUT2D eigenvalue weighted by Crippen LogP contribution is 2.26. The fraction of sp³-hybridized carbons (Fsp3) is 0.250. The summed E-state index contributed by atoms with van der Waals surface area (Å²) in [6.45, 7) is 0. The van der Waals surface area contributed by atoms with E-state index in [9.17, 15) is 8.78 Å². The Morgan fingerprint density at radius 2 is 1.57 bits per heavy atom. The quantitative estimate of drug-likeness (QED) is 0.347. The van der Waals surface area contributed by atoms with E-state index in [0.29, 0.717) is 16.2 Å². The minimum atomic E-state index is -0.503. The van der Waals surface area contributed by atoms with E-state index < -0.39 is 11.6 Å². The predicted octanol–water partition coefficient (Wildman–Crippen LogP) is 6.29. The number of alkyl halides is 1. The highest BCUT2D eigenvalue weighted by atomic mass is 79.9. The highest BCUT2D eigenvalue weighted by molar-refractivity contribution is 9.10. The largest absolute Gasteiger partial charge is 0.207 e. The first-order valence-corrected chi connectivity index (χ1v) is 9.14. The first-order chi connectivity index (χ1) is 10.0. The molecule has 0 saturated heterocycles. The van der Waals surface area contributed by atoms with Crippen LogP contribution in [0.1, 0.15) is 11.1 Å². The molecule has 0 N–H and O–H groups in total.